The number of piperidine rings is 1. The Hall–Kier alpha value is -2.00. The maximum absolute atomic E-state index is 8.83. The van der Waals surface area contributed by atoms with Crippen LogP contribution in [0.4, 0.5) is 5.82 Å². The minimum absolute atomic E-state index is 0.323. The summed E-state index contributed by atoms with van der Waals surface area (Å²) in [5.74, 6) is 2.12. The predicted octanol–water partition coefficient (Wildman–Crippen LogP) is 2.89. The molecule has 0 amide bonds. The van der Waals surface area contributed by atoms with Crippen LogP contribution in [0.1, 0.15) is 30.1 Å². The van der Waals surface area contributed by atoms with E-state index in [0.29, 0.717) is 11.5 Å². The van der Waals surface area contributed by atoms with E-state index in [4.69, 9.17) is 5.26 Å². The van der Waals surface area contributed by atoms with Gasteiger partial charge in [-0.15, -0.1) is 0 Å². The lowest BCUT2D eigenvalue weighted by Crippen LogP contribution is -2.35. The van der Waals surface area contributed by atoms with Gasteiger partial charge in [-0.25, -0.2) is 15.0 Å². The largest absolute Gasteiger partial charge is 0.356 e. The molecule has 0 aromatic carbocycles. The number of nitrogens with zero attached hydrogens (tertiary/aromatic N) is 5. The second-order valence-corrected chi connectivity index (χ2v) is 5.98. The number of halogens is 1. The van der Waals surface area contributed by atoms with Gasteiger partial charge in [0, 0.05) is 37.6 Å². The Morgan fingerprint density at radius 2 is 2.00 bits per heavy atom. The molecule has 2 aromatic heterocycles. The van der Waals surface area contributed by atoms with Gasteiger partial charge in [0.15, 0.2) is 0 Å². The van der Waals surface area contributed by atoms with Crippen LogP contribution < -0.4 is 4.90 Å². The average molecular weight is 344 g/mol. The Labute approximate surface area is 131 Å². The molecule has 0 saturated carbocycles. The minimum atomic E-state index is 0.323. The van der Waals surface area contributed by atoms with Crippen molar-refractivity contribution in [3.05, 3.63) is 46.6 Å². The van der Waals surface area contributed by atoms with Gasteiger partial charge in [-0.3, -0.25) is 0 Å². The van der Waals surface area contributed by atoms with Crippen molar-refractivity contribution in [3.63, 3.8) is 0 Å². The van der Waals surface area contributed by atoms with Crippen LogP contribution in [-0.2, 0) is 0 Å². The summed E-state index contributed by atoms with van der Waals surface area (Å²) in [5.41, 5.74) is 0.587. The van der Waals surface area contributed by atoms with Crippen LogP contribution >= 0.6 is 15.9 Å². The number of pyridine rings is 1. The maximum Gasteiger partial charge on any atom is 0.133 e. The van der Waals surface area contributed by atoms with Crippen LogP contribution in [0.5, 0.6) is 0 Å². The first-order chi connectivity index (χ1) is 10.3. The summed E-state index contributed by atoms with van der Waals surface area (Å²) in [4.78, 5) is 15.4. The van der Waals surface area contributed by atoms with E-state index < -0.39 is 0 Å². The fraction of sp³-hybridized carbons (Fsp3) is 0.333. The van der Waals surface area contributed by atoms with Gasteiger partial charge < -0.3 is 4.90 Å². The van der Waals surface area contributed by atoms with E-state index in [1.165, 1.54) is 0 Å². The molecule has 6 heteroatoms. The highest BCUT2D eigenvalue weighted by molar-refractivity contribution is 9.10. The van der Waals surface area contributed by atoms with Gasteiger partial charge in [-0.05, 0) is 40.9 Å². The number of aromatic nitrogens is 3. The summed E-state index contributed by atoms with van der Waals surface area (Å²) in [6.07, 6.45) is 7.39. The van der Waals surface area contributed by atoms with Gasteiger partial charge in [-0.2, -0.15) is 5.26 Å². The van der Waals surface area contributed by atoms with E-state index in [9.17, 15) is 0 Å². The molecule has 2 aromatic rings. The van der Waals surface area contributed by atoms with E-state index in [-0.39, 0.29) is 0 Å². The van der Waals surface area contributed by atoms with Gasteiger partial charge in [0.25, 0.3) is 0 Å². The van der Waals surface area contributed by atoms with Gasteiger partial charge in [0.05, 0.1) is 10.0 Å². The average Bonchev–Trinajstić information content (AvgIpc) is 2.56. The highest BCUT2D eigenvalue weighted by Crippen LogP contribution is 2.27. The Kier molecular flexibility index (Phi) is 4.11. The SMILES string of the molecule is N#Cc1ccc(N2CCCC(c3ncc(Br)cn3)C2)nc1. The topological polar surface area (TPSA) is 65.7 Å². The zero-order chi connectivity index (χ0) is 14.7. The van der Waals surface area contributed by atoms with Crippen molar-refractivity contribution in [3.8, 4) is 6.07 Å². The highest BCUT2D eigenvalue weighted by Gasteiger charge is 2.24. The van der Waals surface area contributed by atoms with E-state index in [2.05, 4.69) is 41.9 Å². The molecular weight excluding hydrogens is 330 g/mol. The molecule has 0 spiro atoms. The fourth-order valence-electron chi connectivity index (χ4n) is 2.57. The van der Waals surface area contributed by atoms with Crippen molar-refractivity contribution in [1.29, 1.82) is 5.26 Å². The Morgan fingerprint density at radius 1 is 1.19 bits per heavy atom. The monoisotopic (exact) mass is 343 g/mol. The molecule has 0 radical (unpaired) electrons. The molecule has 0 N–H and O–H groups in total. The minimum Gasteiger partial charge on any atom is -0.356 e. The van der Waals surface area contributed by atoms with E-state index in [1.54, 1.807) is 18.6 Å². The quantitative estimate of drug-likeness (QED) is 0.838. The third kappa shape index (κ3) is 3.19. The summed E-state index contributed by atoms with van der Waals surface area (Å²) in [6.45, 7) is 1.84. The van der Waals surface area contributed by atoms with Gasteiger partial charge >= 0.3 is 0 Å². The standard InChI is InChI=1S/C15H14BrN5/c16-13-8-19-15(20-9-13)12-2-1-5-21(10-12)14-4-3-11(6-17)7-18-14/h3-4,7-9,12H,1-2,5,10H2. The molecule has 21 heavy (non-hydrogen) atoms. The van der Waals surface area contributed by atoms with Crippen LogP contribution in [0.15, 0.2) is 35.2 Å². The van der Waals surface area contributed by atoms with Crippen LogP contribution in [0.3, 0.4) is 0 Å². The normalized spacial score (nSPS) is 18.3. The first-order valence-electron chi connectivity index (χ1n) is 6.85. The highest BCUT2D eigenvalue weighted by atomic mass is 79.9. The zero-order valence-electron chi connectivity index (χ0n) is 11.4. The van der Waals surface area contributed by atoms with Crippen molar-refractivity contribution in [2.45, 2.75) is 18.8 Å². The molecule has 1 aliphatic rings. The van der Waals surface area contributed by atoms with E-state index in [1.807, 2.05) is 12.1 Å². The number of rotatable bonds is 2. The van der Waals surface area contributed by atoms with Crippen LogP contribution in [-0.4, -0.2) is 28.0 Å². The lowest BCUT2D eigenvalue weighted by Gasteiger charge is -2.32. The van der Waals surface area contributed by atoms with E-state index in [0.717, 1.165) is 42.0 Å². The first-order valence-corrected chi connectivity index (χ1v) is 7.64. The van der Waals surface area contributed by atoms with Crippen LogP contribution in [0.2, 0.25) is 0 Å². The van der Waals surface area contributed by atoms with Crippen LogP contribution in [0.25, 0.3) is 0 Å². The van der Waals surface area contributed by atoms with Gasteiger partial charge in [0.1, 0.15) is 17.7 Å². The molecule has 3 rings (SSSR count). The number of hydrogen-bond acceptors (Lipinski definition) is 5. The summed E-state index contributed by atoms with van der Waals surface area (Å²) < 4.78 is 0.896. The number of nitriles is 1. The van der Waals surface area contributed by atoms with E-state index >= 15 is 0 Å². The third-order valence-electron chi connectivity index (χ3n) is 3.63. The van der Waals surface area contributed by atoms with Crippen molar-refractivity contribution < 1.29 is 0 Å². The predicted molar refractivity (Wildman–Crippen MR) is 82.9 cm³/mol. The molecule has 3 heterocycles. The molecule has 106 valence electrons. The Morgan fingerprint density at radius 3 is 2.67 bits per heavy atom. The lowest BCUT2D eigenvalue weighted by molar-refractivity contribution is 0.488. The molecular formula is C15H14BrN5. The summed E-state index contributed by atoms with van der Waals surface area (Å²) in [5, 5.41) is 8.83. The molecule has 1 fully saturated rings. The zero-order valence-corrected chi connectivity index (χ0v) is 13.0. The van der Waals surface area contributed by atoms with Crippen molar-refractivity contribution in [2.75, 3.05) is 18.0 Å². The summed E-state index contributed by atoms with van der Waals surface area (Å²) in [7, 11) is 0. The molecule has 0 aliphatic carbocycles. The molecule has 1 saturated heterocycles. The first kappa shape index (κ1) is 14.0. The second kappa shape index (κ2) is 6.19. The molecule has 5 nitrogen and oxygen atoms in total. The lowest BCUT2D eigenvalue weighted by atomic mass is 9.97. The smallest absolute Gasteiger partial charge is 0.133 e. The van der Waals surface area contributed by atoms with Gasteiger partial charge in [0.2, 0.25) is 0 Å². The Balaban J connectivity index is 1.76. The molecule has 1 unspecified atom stereocenters. The Bertz CT molecular complexity index is 647. The summed E-state index contributed by atoms with van der Waals surface area (Å²) >= 11 is 3.36. The van der Waals surface area contributed by atoms with Crippen molar-refractivity contribution >= 4 is 21.7 Å². The molecule has 1 atom stereocenters. The van der Waals surface area contributed by atoms with Crippen molar-refractivity contribution in [2.24, 2.45) is 0 Å². The maximum atomic E-state index is 8.83. The van der Waals surface area contributed by atoms with Crippen LogP contribution in [0, 0.1) is 11.3 Å². The second-order valence-electron chi connectivity index (χ2n) is 5.06. The summed E-state index contributed by atoms with van der Waals surface area (Å²) in [6, 6.07) is 5.81. The molecule has 1 aliphatic heterocycles. The fourth-order valence-corrected chi connectivity index (χ4v) is 2.77. The number of anilines is 1. The van der Waals surface area contributed by atoms with Gasteiger partial charge in [-0.1, -0.05) is 0 Å². The van der Waals surface area contributed by atoms with Crippen molar-refractivity contribution in [1.82, 2.24) is 15.0 Å². The molecule has 0 bridgehead atoms. The number of hydrogen-bond donors (Lipinski definition) is 0. The third-order valence-corrected chi connectivity index (χ3v) is 4.04.